The van der Waals surface area contributed by atoms with Gasteiger partial charge in [-0.1, -0.05) is 0 Å². The third-order valence-electron chi connectivity index (χ3n) is 2.83. The molecule has 1 fully saturated rings. The van der Waals surface area contributed by atoms with Gasteiger partial charge in [-0.3, -0.25) is 4.98 Å². The molecule has 0 atom stereocenters. The lowest BCUT2D eigenvalue weighted by molar-refractivity contribution is 0.421. The maximum atomic E-state index is 4.52. The number of thioether (sulfide) groups is 1. The van der Waals surface area contributed by atoms with Crippen LogP contribution in [0.2, 0.25) is 0 Å². The fourth-order valence-corrected chi connectivity index (χ4v) is 2.65. The molecule has 0 amide bonds. The molecule has 0 saturated carbocycles. The Balaban J connectivity index is 1.92. The lowest BCUT2D eigenvalue weighted by Crippen LogP contribution is -2.35. The van der Waals surface area contributed by atoms with Crippen molar-refractivity contribution >= 4 is 17.6 Å². The minimum Gasteiger partial charge on any atom is -0.354 e. The van der Waals surface area contributed by atoms with Gasteiger partial charge in [-0.25, -0.2) is 4.98 Å². The normalized spacial score (nSPS) is 16.9. The Morgan fingerprint density at radius 2 is 1.94 bits per heavy atom. The summed E-state index contributed by atoms with van der Waals surface area (Å²) in [7, 11) is 0. The van der Waals surface area contributed by atoms with Crippen LogP contribution in [0.15, 0.2) is 12.4 Å². The number of nitrogens with zero attached hydrogens (tertiary/aromatic N) is 3. The van der Waals surface area contributed by atoms with Gasteiger partial charge in [0.25, 0.3) is 0 Å². The van der Waals surface area contributed by atoms with Crippen LogP contribution in [0.5, 0.6) is 0 Å². The van der Waals surface area contributed by atoms with Crippen molar-refractivity contribution in [3.63, 3.8) is 0 Å². The van der Waals surface area contributed by atoms with Crippen molar-refractivity contribution < 1.29 is 0 Å². The highest BCUT2D eigenvalue weighted by molar-refractivity contribution is 7.99. The Morgan fingerprint density at radius 3 is 2.50 bits per heavy atom. The zero-order valence-corrected chi connectivity index (χ0v) is 12.3. The molecular formula is C13H22N4S. The highest BCUT2D eigenvalue weighted by atomic mass is 32.2. The third kappa shape index (κ3) is 4.14. The van der Waals surface area contributed by atoms with Crippen molar-refractivity contribution in [2.24, 2.45) is 0 Å². The van der Waals surface area contributed by atoms with Crippen LogP contribution in [0.25, 0.3) is 0 Å². The molecule has 0 spiro atoms. The van der Waals surface area contributed by atoms with Crippen molar-refractivity contribution in [1.82, 2.24) is 15.3 Å². The monoisotopic (exact) mass is 266 g/mol. The Hall–Kier alpha value is -0.810. The van der Waals surface area contributed by atoms with Crippen LogP contribution in [0.4, 0.5) is 5.82 Å². The SMILES string of the molecule is CC(C)(C)NCc1cnc(N2CCSCC2)cn1. The van der Waals surface area contributed by atoms with Crippen molar-refractivity contribution in [3.05, 3.63) is 18.1 Å². The zero-order chi connectivity index (χ0) is 13.0. The van der Waals surface area contributed by atoms with Crippen LogP contribution in [0.1, 0.15) is 26.5 Å². The second-order valence-electron chi connectivity index (χ2n) is 5.57. The van der Waals surface area contributed by atoms with E-state index in [2.05, 4.69) is 41.0 Å². The fraction of sp³-hybridized carbons (Fsp3) is 0.692. The smallest absolute Gasteiger partial charge is 0.147 e. The van der Waals surface area contributed by atoms with Gasteiger partial charge in [-0.2, -0.15) is 11.8 Å². The minimum atomic E-state index is 0.116. The number of aromatic nitrogens is 2. The molecule has 5 heteroatoms. The van der Waals surface area contributed by atoms with Crippen LogP contribution in [-0.2, 0) is 6.54 Å². The Bertz CT molecular complexity index is 366. The predicted molar refractivity (Wildman–Crippen MR) is 78.2 cm³/mol. The van der Waals surface area contributed by atoms with Crippen molar-refractivity contribution in [2.45, 2.75) is 32.9 Å². The molecule has 0 bridgehead atoms. The van der Waals surface area contributed by atoms with Crippen LogP contribution in [-0.4, -0.2) is 40.1 Å². The van der Waals surface area contributed by atoms with E-state index in [1.54, 1.807) is 0 Å². The lowest BCUT2D eigenvalue weighted by Gasteiger charge is -2.27. The number of hydrogen-bond donors (Lipinski definition) is 1. The van der Waals surface area contributed by atoms with E-state index in [9.17, 15) is 0 Å². The first kappa shape index (κ1) is 13.6. The van der Waals surface area contributed by atoms with Gasteiger partial charge in [0.1, 0.15) is 5.82 Å². The van der Waals surface area contributed by atoms with Crippen LogP contribution in [0, 0.1) is 0 Å². The molecule has 18 heavy (non-hydrogen) atoms. The molecule has 2 rings (SSSR count). The first-order chi connectivity index (χ1) is 8.54. The third-order valence-corrected chi connectivity index (χ3v) is 3.77. The molecule has 100 valence electrons. The van der Waals surface area contributed by atoms with Gasteiger partial charge in [0.15, 0.2) is 0 Å². The summed E-state index contributed by atoms with van der Waals surface area (Å²) < 4.78 is 0. The zero-order valence-electron chi connectivity index (χ0n) is 11.4. The first-order valence-electron chi connectivity index (χ1n) is 6.43. The molecule has 0 aliphatic carbocycles. The average Bonchev–Trinajstić information content (AvgIpc) is 2.37. The van der Waals surface area contributed by atoms with Crippen LogP contribution < -0.4 is 10.2 Å². The maximum Gasteiger partial charge on any atom is 0.147 e. The molecule has 1 saturated heterocycles. The summed E-state index contributed by atoms with van der Waals surface area (Å²) in [6.07, 6.45) is 3.78. The standard InChI is InChI=1S/C13H22N4S/c1-13(2,3)16-9-11-8-15-12(10-14-11)17-4-6-18-7-5-17/h8,10,16H,4-7,9H2,1-3H3. The van der Waals surface area contributed by atoms with Crippen molar-refractivity contribution in [3.8, 4) is 0 Å². The molecule has 4 nitrogen and oxygen atoms in total. The van der Waals surface area contributed by atoms with Gasteiger partial charge in [-0.15, -0.1) is 0 Å². The van der Waals surface area contributed by atoms with E-state index in [4.69, 9.17) is 0 Å². The minimum absolute atomic E-state index is 0.116. The molecule has 1 aliphatic heterocycles. The van der Waals surface area contributed by atoms with Gasteiger partial charge in [-0.05, 0) is 20.8 Å². The van der Waals surface area contributed by atoms with E-state index >= 15 is 0 Å². The van der Waals surface area contributed by atoms with Gasteiger partial charge in [0, 0.05) is 36.7 Å². The average molecular weight is 266 g/mol. The van der Waals surface area contributed by atoms with Crippen LogP contribution in [0.3, 0.4) is 0 Å². The largest absolute Gasteiger partial charge is 0.354 e. The highest BCUT2D eigenvalue weighted by Crippen LogP contribution is 2.16. The number of hydrogen-bond acceptors (Lipinski definition) is 5. The summed E-state index contributed by atoms with van der Waals surface area (Å²) in [4.78, 5) is 11.3. The van der Waals surface area contributed by atoms with E-state index in [0.717, 1.165) is 31.1 Å². The number of anilines is 1. The summed E-state index contributed by atoms with van der Waals surface area (Å²) in [5, 5.41) is 3.42. The summed E-state index contributed by atoms with van der Waals surface area (Å²) in [6, 6.07) is 0. The van der Waals surface area contributed by atoms with Crippen LogP contribution >= 0.6 is 11.8 Å². The summed E-state index contributed by atoms with van der Waals surface area (Å²) in [5.41, 5.74) is 1.12. The van der Waals surface area contributed by atoms with E-state index < -0.39 is 0 Å². The lowest BCUT2D eigenvalue weighted by atomic mass is 10.1. The molecule has 0 unspecified atom stereocenters. The summed E-state index contributed by atoms with van der Waals surface area (Å²) in [5.74, 6) is 3.39. The van der Waals surface area contributed by atoms with E-state index in [1.807, 2.05) is 24.2 Å². The first-order valence-corrected chi connectivity index (χ1v) is 7.59. The Morgan fingerprint density at radius 1 is 1.22 bits per heavy atom. The van der Waals surface area contributed by atoms with Crippen molar-refractivity contribution in [1.29, 1.82) is 0 Å². The van der Waals surface area contributed by atoms with E-state index in [1.165, 1.54) is 11.5 Å². The van der Waals surface area contributed by atoms with Crippen molar-refractivity contribution in [2.75, 3.05) is 29.5 Å². The van der Waals surface area contributed by atoms with Gasteiger partial charge >= 0.3 is 0 Å². The quantitative estimate of drug-likeness (QED) is 0.905. The fourth-order valence-electron chi connectivity index (χ4n) is 1.75. The predicted octanol–water partition coefficient (Wildman–Crippen LogP) is 1.92. The molecule has 0 radical (unpaired) electrons. The second kappa shape index (κ2) is 5.89. The van der Waals surface area contributed by atoms with E-state index in [0.29, 0.717) is 0 Å². The summed E-state index contributed by atoms with van der Waals surface area (Å²) >= 11 is 2.01. The molecule has 1 N–H and O–H groups in total. The van der Waals surface area contributed by atoms with Gasteiger partial charge in [0.05, 0.1) is 18.1 Å². The number of nitrogens with one attached hydrogen (secondary N) is 1. The Labute approximate surface area is 114 Å². The molecule has 1 aromatic heterocycles. The van der Waals surface area contributed by atoms with Gasteiger partial charge < -0.3 is 10.2 Å². The van der Waals surface area contributed by atoms with Gasteiger partial charge in [0.2, 0.25) is 0 Å². The highest BCUT2D eigenvalue weighted by Gasteiger charge is 2.13. The molecule has 1 aromatic rings. The maximum absolute atomic E-state index is 4.52. The molecule has 0 aromatic carbocycles. The second-order valence-corrected chi connectivity index (χ2v) is 6.79. The number of rotatable bonds is 3. The Kier molecular flexibility index (Phi) is 4.45. The molecule has 2 heterocycles. The molecular weight excluding hydrogens is 244 g/mol. The topological polar surface area (TPSA) is 41.1 Å². The molecule has 1 aliphatic rings. The van der Waals surface area contributed by atoms with E-state index in [-0.39, 0.29) is 5.54 Å². The summed E-state index contributed by atoms with van der Waals surface area (Å²) in [6.45, 7) is 9.39.